The van der Waals surface area contributed by atoms with Crippen LogP contribution in [0.25, 0.3) is 0 Å². The van der Waals surface area contributed by atoms with Crippen LogP contribution in [0.5, 0.6) is 0 Å². The molecule has 3 heterocycles. The Labute approximate surface area is 130 Å². The predicted molar refractivity (Wildman–Crippen MR) is 71.3 cm³/mol. The summed E-state index contributed by atoms with van der Waals surface area (Å²) >= 11 is 0. The van der Waals surface area contributed by atoms with Gasteiger partial charge in [-0.25, -0.2) is 4.39 Å². The van der Waals surface area contributed by atoms with E-state index in [9.17, 15) is 22.4 Å². The Morgan fingerprint density at radius 2 is 1.52 bits per heavy atom. The number of hydroxylamine groups is 2. The molecule has 0 aromatic heterocycles. The van der Waals surface area contributed by atoms with Gasteiger partial charge in [-0.15, -0.1) is 9.35 Å². The summed E-state index contributed by atoms with van der Waals surface area (Å²) in [7, 11) is -4.42. The largest absolute Gasteiger partial charge is 0.365 e. The van der Waals surface area contributed by atoms with Crippen molar-refractivity contribution in [2.24, 2.45) is 11.8 Å². The summed E-state index contributed by atoms with van der Waals surface area (Å²) in [5.41, 5.74) is 0. The molecule has 0 N–H and O–H groups in total. The molecule has 2 fully saturated rings. The van der Waals surface area contributed by atoms with Crippen LogP contribution in [0.1, 0.15) is 0 Å². The van der Waals surface area contributed by atoms with Crippen molar-refractivity contribution in [1.29, 1.82) is 0 Å². The monoisotopic (exact) mass is 339 g/mol. The topological polar surface area (TPSA) is 90.0 Å². The van der Waals surface area contributed by atoms with Crippen molar-refractivity contribution in [2.75, 3.05) is 0 Å². The van der Waals surface area contributed by atoms with Gasteiger partial charge >= 0.3 is 10.1 Å². The van der Waals surface area contributed by atoms with Crippen LogP contribution in [-0.4, -0.2) is 37.5 Å². The normalized spacial score (nSPS) is 32.0. The number of carbonyl (C=O) groups is 2. The molecule has 7 nitrogen and oxygen atoms in total. The summed E-state index contributed by atoms with van der Waals surface area (Å²) in [6, 6.07) is 3.86. The quantitative estimate of drug-likeness (QED) is 0.584. The predicted octanol–water partition coefficient (Wildman–Crippen LogP) is 0.384. The number of carbonyl (C=O) groups excluding carboxylic acids is 2. The minimum Gasteiger partial charge on any atom is -0.365 e. The fourth-order valence-electron chi connectivity index (χ4n) is 3.09. The van der Waals surface area contributed by atoms with Gasteiger partial charge in [0, 0.05) is 0 Å². The van der Waals surface area contributed by atoms with E-state index < -0.39 is 51.8 Å². The molecule has 3 aliphatic heterocycles. The van der Waals surface area contributed by atoms with Crippen LogP contribution in [-0.2, 0) is 28.7 Å². The number of rotatable bonds is 3. The van der Waals surface area contributed by atoms with Crippen molar-refractivity contribution < 1.29 is 31.4 Å². The van der Waals surface area contributed by atoms with Gasteiger partial charge < -0.3 is 4.74 Å². The molecule has 0 aliphatic carbocycles. The maximum atomic E-state index is 12.9. The molecular formula is C14H10FNO6S. The molecule has 0 radical (unpaired) electrons. The molecule has 0 spiro atoms. The van der Waals surface area contributed by atoms with E-state index >= 15 is 0 Å². The summed E-state index contributed by atoms with van der Waals surface area (Å²) in [6.07, 6.45) is 2.27. The van der Waals surface area contributed by atoms with E-state index in [1.54, 1.807) is 12.2 Å². The van der Waals surface area contributed by atoms with E-state index in [0.29, 0.717) is 0 Å². The lowest BCUT2D eigenvalue weighted by Crippen LogP contribution is -2.36. The van der Waals surface area contributed by atoms with Gasteiger partial charge in [0.05, 0.1) is 28.9 Å². The van der Waals surface area contributed by atoms with Gasteiger partial charge in [-0.3, -0.25) is 9.59 Å². The third-order valence-electron chi connectivity index (χ3n) is 4.15. The maximum absolute atomic E-state index is 12.9. The first-order chi connectivity index (χ1) is 10.9. The minimum absolute atomic E-state index is 0.281. The fraction of sp³-hybridized carbons (Fsp3) is 0.286. The van der Waals surface area contributed by atoms with Gasteiger partial charge in [0.25, 0.3) is 11.8 Å². The molecule has 120 valence electrons. The summed E-state index contributed by atoms with van der Waals surface area (Å²) in [6.45, 7) is 0. The number of ether oxygens (including phenoxy) is 1. The molecule has 4 rings (SSSR count). The number of hydrogen-bond donors (Lipinski definition) is 0. The minimum atomic E-state index is -4.42. The summed E-state index contributed by atoms with van der Waals surface area (Å²) in [5.74, 6) is -3.64. The number of nitrogens with zero attached hydrogens (tertiary/aromatic N) is 1. The molecule has 4 atom stereocenters. The highest BCUT2D eigenvalue weighted by Gasteiger charge is 2.62. The lowest BCUT2D eigenvalue weighted by Gasteiger charge is -2.16. The molecule has 4 unspecified atom stereocenters. The summed E-state index contributed by atoms with van der Waals surface area (Å²) < 4.78 is 47.3. The van der Waals surface area contributed by atoms with Gasteiger partial charge in [-0.2, -0.15) is 8.42 Å². The van der Waals surface area contributed by atoms with Crippen molar-refractivity contribution >= 4 is 21.9 Å². The van der Waals surface area contributed by atoms with Gasteiger partial charge in [-0.05, 0) is 24.3 Å². The van der Waals surface area contributed by atoms with Crippen molar-refractivity contribution in [3.05, 3.63) is 42.2 Å². The second kappa shape index (κ2) is 4.70. The molecule has 2 amide bonds. The number of imide groups is 1. The Balaban J connectivity index is 1.61. The second-order valence-corrected chi connectivity index (χ2v) is 6.98. The highest BCUT2D eigenvalue weighted by atomic mass is 32.2. The van der Waals surface area contributed by atoms with Crippen LogP contribution >= 0.6 is 0 Å². The van der Waals surface area contributed by atoms with Crippen molar-refractivity contribution in [3.63, 3.8) is 0 Å². The lowest BCUT2D eigenvalue weighted by molar-refractivity contribution is -0.168. The molecular weight excluding hydrogens is 329 g/mol. The standard InChI is InChI=1S/C14H10FNO6S/c15-7-1-3-8(4-2-7)23(19,20)22-16-13(17)11-9-5-6-10(21-9)12(11)14(16)18/h1-6,9-12H. The summed E-state index contributed by atoms with van der Waals surface area (Å²) in [5, 5.41) is 0.281. The molecule has 1 aromatic rings. The Morgan fingerprint density at radius 3 is 2.04 bits per heavy atom. The zero-order valence-electron chi connectivity index (χ0n) is 11.5. The highest BCUT2D eigenvalue weighted by Crippen LogP contribution is 2.45. The lowest BCUT2D eigenvalue weighted by atomic mass is 9.85. The van der Waals surface area contributed by atoms with Crippen LogP contribution in [0, 0.1) is 17.7 Å². The van der Waals surface area contributed by atoms with E-state index in [4.69, 9.17) is 9.02 Å². The number of halogens is 1. The van der Waals surface area contributed by atoms with Crippen LogP contribution in [0.2, 0.25) is 0 Å². The fourth-order valence-corrected chi connectivity index (χ4v) is 3.99. The maximum Gasteiger partial charge on any atom is 0.318 e. The Bertz CT molecular complexity index is 803. The first kappa shape index (κ1) is 14.5. The van der Waals surface area contributed by atoms with E-state index in [0.717, 1.165) is 24.3 Å². The SMILES string of the molecule is O=C1C2C3C=CC(O3)C2C(=O)N1OS(=O)(=O)c1ccc(F)cc1. The zero-order valence-corrected chi connectivity index (χ0v) is 12.3. The van der Waals surface area contributed by atoms with Gasteiger partial charge in [-0.1, -0.05) is 12.2 Å². The smallest absolute Gasteiger partial charge is 0.318 e. The number of hydrogen-bond acceptors (Lipinski definition) is 6. The van der Waals surface area contributed by atoms with E-state index in [2.05, 4.69) is 0 Å². The molecule has 9 heteroatoms. The highest BCUT2D eigenvalue weighted by molar-refractivity contribution is 7.86. The zero-order chi connectivity index (χ0) is 16.4. The molecule has 23 heavy (non-hydrogen) atoms. The first-order valence-electron chi connectivity index (χ1n) is 6.80. The molecule has 3 aliphatic rings. The van der Waals surface area contributed by atoms with Crippen molar-refractivity contribution in [3.8, 4) is 0 Å². The van der Waals surface area contributed by atoms with Crippen molar-refractivity contribution in [1.82, 2.24) is 5.06 Å². The van der Waals surface area contributed by atoms with Gasteiger partial charge in [0.2, 0.25) is 0 Å². The second-order valence-electron chi connectivity index (χ2n) is 5.46. The Kier molecular flexibility index (Phi) is 2.96. The van der Waals surface area contributed by atoms with Crippen LogP contribution in [0.15, 0.2) is 41.3 Å². The van der Waals surface area contributed by atoms with Crippen LogP contribution in [0.3, 0.4) is 0 Å². The average Bonchev–Trinajstić information content (AvgIpc) is 3.17. The molecule has 0 saturated carbocycles. The first-order valence-corrected chi connectivity index (χ1v) is 8.21. The Hall–Kier alpha value is -2.10. The average molecular weight is 339 g/mol. The molecule has 1 aromatic carbocycles. The number of amides is 2. The summed E-state index contributed by atoms with van der Waals surface area (Å²) in [4.78, 5) is 24.2. The van der Waals surface area contributed by atoms with Crippen LogP contribution in [0.4, 0.5) is 4.39 Å². The molecule has 2 saturated heterocycles. The number of fused-ring (bicyclic) bond motifs is 5. The van der Waals surface area contributed by atoms with Gasteiger partial charge in [0.15, 0.2) is 0 Å². The Morgan fingerprint density at radius 1 is 1.00 bits per heavy atom. The third kappa shape index (κ3) is 2.04. The third-order valence-corrected chi connectivity index (χ3v) is 5.34. The van der Waals surface area contributed by atoms with Crippen LogP contribution < -0.4 is 0 Å². The molecule has 2 bridgehead atoms. The van der Waals surface area contributed by atoms with Crippen molar-refractivity contribution in [2.45, 2.75) is 17.1 Å². The number of benzene rings is 1. The van der Waals surface area contributed by atoms with Gasteiger partial charge in [0.1, 0.15) is 5.82 Å². The van der Waals surface area contributed by atoms with E-state index in [1.807, 2.05) is 0 Å². The van der Waals surface area contributed by atoms with E-state index in [1.165, 1.54) is 0 Å². The van der Waals surface area contributed by atoms with E-state index in [-0.39, 0.29) is 9.96 Å².